The van der Waals surface area contributed by atoms with Gasteiger partial charge in [0.25, 0.3) is 5.91 Å². The highest BCUT2D eigenvalue weighted by molar-refractivity contribution is 6.36. The van der Waals surface area contributed by atoms with Gasteiger partial charge >= 0.3 is 0 Å². The van der Waals surface area contributed by atoms with E-state index in [1.165, 1.54) is 0 Å². The van der Waals surface area contributed by atoms with Crippen LogP contribution in [0.25, 0.3) is 11.2 Å². The standard InChI is InChI=1S/C35H48Cl2N6O2/c1-7-43-29(19-25-27(36)13-10-23(30(25)37)20-38-34(45)35(4,5)6)40-28-18-26(33(44)39-24-11-8-21(2)9-12-24)31(41-32(28)43)42-16-14-22(3)15-17-42/h10,13,18,21-22,24H,7-9,11-12,14-17,19-20H2,1-6H3,(H,38,45)(H,39,44). The molecule has 1 aliphatic carbocycles. The number of nitrogens with one attached hydrogen (secondary N) is 2. The molecule has 1 aliphatic heterocycles. The maximum Gasteiger partial charge on any atom is 0.255 e. The lowest BCUT2D eigenvalue weighted by Crippen LogP contribution is -2.39. The first-order chi connectivity index (χ1) is 21.3. The number of hydrogen-bond acceptors (Lipinski definition) is 5. The van der Waals surface area contributed by atoms with Crippen LogP contribution in [-0.2, 0) is 24.3 Å². The lowest BCUT2D eigenvalue weighted by Gasteiger charge is -2.33. The predicted molar refractivity (Wildman–Crippen MR) is 183 cm³/mol. The number of carbonyl (C=O) groups excluding carboxylic acids is 2. The van der Waals surface area contributed by atoms with E-state index in [0.717, 1.165) is 80.0 Å². The van der Waals surface area contributed by atoms with Gasteiger partial charge < -0.3 is 20.1 Å². The van der Waals surface area contributed by atoms with Gasteiger partial charge in [-0.2, -0.15) is 0 Å². The van der Waals surface area contributed by atoms with Gasteiger partial charge in [-0.15, -0.1) is 0 Å². The van der Waals surface area contributed by atoms with Crippen LogP contribution in [0.2, 0.25) is 10.0 Å². The molecule has 0 bridgehead atoms. The van der Waals surface area contributed by atoms with E-state index >= 15 is 0 Å². The van der Waals surface area contributed by atoms with E-state index in [1.54, 1.807) is 0 Å². The van der Waals surface area contributed by atoms with Crippen molar-refractivity contribution in [2.45, 2.75) is 106 Å². The highest BCUT2D eigenvalue weighted by Crippen LogP contribution is 2.33. The van der Waals surface area contributed by atoms with E-state index in [4.69, 9.17) is 33.2 Å². The third-order valence-electron chi connectivity index (χ3n) is 9.50. The zero-order valence-corrected chi connectivity index (χ0v) is 29.1. The van der Waals surface area contributed by atoms with Crippen LogP contribution in [0, 0.1) is 17.3 Å². The fourth-order valence-electron chi connectivity index (χ4n) is 6.39. The Kier molecular flexibility index (Phi) is 10.3. The highest BCUT2D eigenvalue weighted by atomic mass is 35.5. The zero-order chi connectivity index (χ0) is 32.5. The van der Waals surface area contributed by atoms with Crippen molar-refractivity contribution in [3.05, 3.63) is 50.8 Å². The van der Waals surface area contributed by atoms with Crippen LogP contribution in [-0.4, -0.2) is 45.5 Å². The molecule has 1 aromatic carbocycles. The quantitative estimate of drug-likeness (QED) is 0.262. The highest BCUT2D eigenvalue weighted by Gasteiger charge is 2.28. The molecule has 2 amide bonds. The third kappa shape index (κ3) is 7.60. The minimum Gasteiger partial charge on any atom is -0.356 e. The van der Waals surface area contributed by atoms with Gasteiger partial charge in [0.1, 0.15) is 17.2 Å². The summed E-state index contributed by atoms with van der Waals surface area (Å²) in [4.78, 5) is 38.8. The Labute approximate surface area is 277 Å². The number of benzene rings is 1. The molecular weight excluding hydrogens is 607 g/mol. The Morgan fingerprint density at radius 2 is 1.64 bits per heavy atom. The maximum absolute atomic E-state index is 13.8. The van der Waals surface area contributed by atoms with Gasteiger partial charge in [0.05, 0.1) is 10.6 Å². The van der Waals surface area contributed by atoms with E-state index in [1.807, 2.05) is 39.0 Å². The Hall–Kier alpha value is -2.84. The van der Waals surface area contributed by atoms with Crippen molar-refractivity contribution >= 4 is 52.0 Å². The molecule has 1 saturated heterocycles. The Balaban J connectivity index is 1.49. The van der Waals surface area contributed by atoms with Crippen molar-refractivity contribution in [3.63, 3.8) is 0 Å². The van der Waals surface area contributed by atoms with E-state index < -0.39 is 5.41 Å². The molecule has 2 aromatic heterocycles. The van der Waals surface area contributed by atoms with Crippen molar-refractivity contribution in [3.8, 4) is 0 Å². The number of hydrogen-bond donors (Lipinski definition) is 2. The minimum atomic E-state index is -0.503. The van der Waals surface area contributed by atoms with Crippen molar-refractivity contribution in [1.29, 1.82) is 0 Å². The molecule has 10 heteroatoms. The van der Waals surface area contributed by atoms with Crippen LogP contribution in [0.15, 0.2) is 18.2 Å². The largest absolute Gasteiger partial charge is 0.356 e. The van der Waals surface area contributed by atoms with E-state index in [0.29, 0.717) is 52.5 Å². The first kappa shape index (κ1) is 33.5. The van der Waals surface area contributed by atoms with Gasteiger partial charge in [-0.3, -0.25) is 9.59 Å². The number of nitrogens with zero attached hydrogens (tertiary/aromatic N) is 4. The zero-order valence-electron chi connectivity index (χ0n) is 27.6. The average molecular weight is 656 g/mol. The molecule has 244 valence electrons. The number of pyridine rings is 1. The summed E-state index contributed by atoms with van der Waals surface area (Å²) in [6.07, 6.45) is 6.83. The molecule has 0 radical (unpaired) electrons. The fourth-order valence-corrected chi connectivity index (χ4v) is 6.96. The summed E-state index contributed by atoms with van der Waals surface area (Å²) in [5, 5.41) is 7.37. The summed E-state index contributed by atoms with van der Waals surface area (Å²) in [7, 11) is 0. The van der Waals surface area contributed by atoms with Gasteiger partial charge in [0.2, 0.25) is 5.91 Å². The molecule has 2 N–H and O–H groups in total. The molecule has 8 nitrogen and oxygen atoms in total. The second-order valence-corrected chi connectivity index (χ2v) is 15.0. The number of imidazole rings is 1. The van der Waals surface area contributed by atoms with Crippen LogP contribution in [0.5, 0.6) is 0 Å². The van der Waals surface area contributed by atoms with E-state index in [2.05, 4.69) is 40.9 Å². The molecule has 0 atom stereocenters. The van der Waals surface area contributed by atoms with Gasteiger partial charge in [0.15, 0.2) is 5.65 Å². The second kappa shape index (κ2) is 13.9. The van der Waals surface area contributed by atoms with Gasteiger partial charge in [-0.1, -0.05) is 63.9 Å². The molecule has 0 spiro atoms. The van der Waals surface area contributed by atoms with Crippen LogP contribution < -0.4 is 15.5 Å². The number of anilines is 1. The Morgan fingerprint density at radius 1 is 0.978 bits per heavy atom. The van der Waals surface area contributed by atoms with Crippen molar-refractivity contribution in [2.24, 2.45) is 17.3 Å². The predicted octanol–water partition coefficient (Wildman–Crippen LogP) is 7.56. The van der Waals surface area contributed by atoms with E-state index in [9.17, 15) is 9.59 Å². The lowest BCUT2D eigenvalue weighted by atomic mass is 9.87. The summed E-state index contributed by atoms with van der Waals surface area (Å²) in [5.41, 5.74) is 3.07. The summed E-state index contributed by atoms with van der Waals surface area (Å²) in [5.74, 6) is 2.77. The Morgan fingerprint density at radius 3 is 2.29 bits per heavy atom. The number of aryl methyl sites for hydroxylation is 1. The molecule has 45 heavy (non-hydrogen) atoms. The van der Waals surface area contributed by atoms with Crippen molar-refractivity contribution in [2.75, 3.05) is 18.0 Å². The number of carbonyl (C=O) groups is 2. The van der Waals surface area contributed by atoms with Gasteiger partial charge in [-0.05, 0) is 80.5 Å². The fraction of sp³-hybridized carbons (Fsp3) is 0.600. The number of fused-ring (bicyclic) bond motifs is 1. The van der Waals surface area contributed by atoms with Crippen LogP contribution >= 0.6 is 23.2 Å². The summed E-state index contributed by atoms with van der Waals surface area (Å²) < 4.78 is 2.09. The van der Waals surface area contributed by atoms with Crippen LogP contribution in [0.1, 0.15) is 107 Å². The minimum absolute atomic E-state index is 0.0502. The molecular formula is C35H48Cl2N6O2. The summed E-state index contributed by atoms with van der Waals surface area (Å²) >= 11 is 13.6. The van der Waals surface area contributed by atoms with Crippen molar-refractivity contribution < 1.29 is 9.59 Å². The Bertz CT molecular complexity index is 1550. The summed E-state index contributed by atoms with van der Waals surface area (Å²) in [6.45, 7) is 15.0. The van der Waals surface area contributed by atoms with Crippen LogP contribution in [0.3, 0.4) is 0 Å². The topological polar surface area (TPSA) is 92.1 Å². The molecule has 1 saturated carbocycles. The third-order valence-corrected chi connectivity index (χ3v) is 10.3. The molecule has 2 fully saturated rings. The second-order valence-electron chi connectivity index (χ2n) is 14.2. The van der Waals surface area contributed by atoms with Crippen LogP contribution in [0.4, 0.5) is 5.82 Å². The number of halogens is 2. The first-order valence-corrected chi connectivity index (χ1v) is 17.3. The van der Waals surface area contributed by atoms with E-state index in [-0.39, 0.29) is 17.9 Å². The monoisotopic (exact) mass is 654 g/mol. The smallest absolute Gasteiger partial charge is 0.255 e. The molecule has 2 aliphatic rings. The number of amides is 2. The van der Waals surface area contributed by atoms with Crippen molar-refractivity contribution in [1.82, 2.24) is 25.2 Å². The molecule has 0 unspecified atom stereocenters. The molecule has 3 aromatic rings. The van der Waals surface area contributed by atoms with Gasteiger partial charge in [0, 0.05) is 49.1 Å². The first-order valence-electron chi connectivity index (χ1n) is 16.6. The number of aromatic nitrogens is 3. The lowest BCUT2D eigenvalue weighted by molar-refractivity contribution is -0.128. The number of rotatable bonds is 8. The SMILES string of the molecule is CCn1c(Cc2c(Cl)ccc(CNC(=O)C(C)(C)C)c2Cl)nc2cc(C(=O)NC3CCC(C)CC3)c(N3CCC(C)CC3)nc21. The average Bonchev–Trinajstić information content (AvgIpc) is 3.35. The molecule has 3 heterocycles. The maximum atomic E-state index is 13.8. The normalized spacial score (nSPS) is 19.6. The summed E-state index contributed by atoms with van der Waals surface area (Å²) in [6, 6.07) is 5.79. The van der Waals surface area contributed by atoms with Gasteiger partial charge in [-0.25, -0.2) is 9.97 Å². The number of piperidine rings is 1. The molecule has 5 rings (SSSR count).